The second-order valence-corrected chi connectivity index (χ2v) is 6.50. The summed E-state index contributed by atoms with van der Waals surface area (Å²) in [6.07, 6.45) is 6.89. The molecule has 1 fully saturated rings. The molecule has 1 unspecified atom stereocenters. The fraction of sp³-hybridized carbons (Fsp3) is 0.333. The Morgan fingerprint density at radius 3 is 2.78 bits per heavy atom. The number of carbonyl (C=O) groups is 1. The summed E-state index contributed by atoms with van der Waals surface area (Å²) in [5.74, 6) is 1.56. The molecule has 0 saturated carbocycles. The SMILES string of the molecule is Cc1ccnc(NC(=O)C2CCCN(c3ccc(-n4cccn4)nn3)C2)n1. The van der Waals surface area contributed by atoms with Crippen molar-refractivity contribution in [2.24, 2.45) is 5.92 Å². The number of nitrogens with zero attached hydrogens (tertiary/aromatic N) is 7. The molecule has 0 aliphatic carbocycles. The Morgan fingerprint density at radius 2 is 2.04 bits per heavy atom. The summed E-state index contributed by atoms with van der Waals surface area (Å²) in [5, 5.41) is 15.5. The van der Waals surface area contributed by atoms with Crippen molar-refractivity contribution in [2.75, 3.05) is 23.3 Å². The minimum Gasteiger partial charge on any atom is -0.354 e. The maximum absolute atomic E-state index is 12.6. The van der Waals surface area contributed by atoms with Crippen molar-refractivity contribution in [3.05, 3.63) is 48.5 Å². The van der Waals surface area contributed by atoms with E-state index < -0.39 is 0 Å². The molecule has 4 heterocycles. The number of aromatic nitrogens is 6. The second-order valence-electron chi connectivity index (χ2n) is 6.50. The number of rotatable bonds is 4. The molecule has 9 heteroatoms. The van der Waals surface area contributed by atoms with Crippen LogP contribution in [0.3, 0.4) is 0 Å². The molecule has 0 bridgehead atoms. The van der Waals surface area contributed by atoms with Gasteiger partial charge in [-0.1, -0.05) is 0 Å². The van der Waals surface area contributed by atoms with E-state index in [1.807, 2.05) is 31.3 Å². The zero-order chi connectivity index (χ0) is 18.6. The van der Waals surface area contributed by atoms with Gasteiger partial charge < -0.3 is 4.90 Å². The first kappa shape index (κ1) is 17.1. The fourth-order valence-corrected chi connectivity index (χ4v) is 3.13. The lowest BCUT2D eigenvalue weighted by atomic mass is 9.97. The van der Waals surface area contributed by atoms with E-state index in [2.05, 4.69) is 35.5 Å². The van der Waals surface area contributed by atoms with E-state index in [1.54, 1.807) is 23.1 Å². The molecule has 9 nitrogen and oxygen atoms in total. The lowest BCUT2D eigenvalue weighted by Gasteiger charge is -2.32. The zero-order valence-electron chi connectivity index (χ0n) is 15.0. The Kier molecular flexibility index (Phi) is 4.73. The average molecular weight is 364 g/mol. The molecule has 3 aromatic rings. The standard InChI is InChI=1S/C18H20N8O/c1-13-7-9-19-18(21-13)22-17(27)14-4-2-10-25(12-14)15-5-6-16(24-23-15)26-11-3-8-20-26/h3,5-9,11,14H,2,4,10,12H2,1H3,(H,19,21,22,27). The number of nitrogens with one attached hydrogen (secondary N) is 1. The van der Waals surface area contributed by atoms with E-state index in [-0.39, 0.29) is 11.8 Å². The van der Waals surface area contributed by atoms with Gasteiger partial charge >= 0.3 is 0 Å². The highest BCUT2D eigenvalue weighted by molar-refractivity contribution is 5.91. The van der Waals surface area contributed by atoms with Crippen molar-refractivity contribution in [3.8, 4) is 5.82 Å². The summed E-state index contributed by atoms with van der Waals surface area (Å²) < 4.78 is 1.66. The highest BCUT2D eigenvalue weighted by Crippen LogP contribution is 2.22. The van der Waals surface area contributed by atoms with Gasteiger partial charge in [0.1, 0.15) is 0 Å². The molecule has 1 atom stereocenters. The zero-order valence-corrected chi connectivity index (χ0v) is 15.0. The molecule has 1 N–H and O–H groups in total. The van der Waals surface area contributed by atoms with Gasteiger partial charge in [-0.3, -0.25) is 10.1 Å². The van der Waals surface area contributed by atoms with Crippen LogP contribution in [0, 0.1) is 12.8 Å². The van der Waals surface area contributed by atoms with Crippen LogP contribution in [0.25, 0.3) is 5.82 Å². The van der Waals surface area contributed by atoms with Crippen LogP contribution in [0.15, 0.2) is 42.9 Å². The Morgan fingerprint density at radius 1 is 1.19 bits per heavy atom. The summed E-state index contributed by atoms with van der Waals surface area (Å²) >= 11 is 0. The van der Waals surface area contributed by atoms with Gasteiger partial charge in [-0.2, -0.15) is 5.10 Å². The number of anilines is 2. The van der Waals surface area contributed by atoms with Gasteiger partial charge in [0.15, 0.2) is 11.6 Å². The van der Waals surface area contributed by atoms with Crippen LogP contribution >= 0.6 is 0 Å². The molecule has 1 aliphatic heterocycles. The lowest BCUT2D eigenvalue weighted by molar-refractivity contribution is -0.120. The van der Waals surface area contributed by atoms with E-state index in [4.69, 9.17) is 0 Å². The molecule has 1 aliphatic rings. The van der Waals surface area contributed by atoms with Crippen LogP contribution in [0.4, 0.5) is 11.8 Å². The Labute approximate surface area is 156 Å². The highest BCUT2D eigenvalue weighted by atomic mass is 16.2. The van der Waals surface area contributed by atoms with Gasteiger partial charge in [-0.05, 0) is 44.0 Å². The first-order valence-corrected chi connectivity index (χ1v) is 8.88. The third-order valence-corrected chi connectivity index (χ3v) is 4.52. The molecular formula is C18H20N8O. The third kappa shape index (κ3) is 3.91. The van der Waals surface area contributed by atoms with Crippen molar-refractivity contribution < 1.29 is 4.79 Å². The monoisotopic (exact) mass is 364 g/mol. The molecule has 0 spiro atoms. The van der Waals surface area contributed by atoms with Crippen molar-refractivity contribution >= 4 is 17.7 Å². The van der Waals surface area contributed by atoms with Crippen LogP contribution in [-0.4, -0.2) is 48.9 Å². The van der Waals surface area contributed by atoms with Gasteiger partial charge in [0.2, 0.25) is 11.9 Å². The summed E-state index contributed by atoms with van der Waals surface area (Å²) in [4.78, 5) is 23.0. The quantitative estimate of drug-likeness (QED) is 0.750. The fourth-order valence-electron chi connectivity index (χ4n) is 3.13. The van der Waals surface area contributed by atoms with E-state index in [0.29, 0.717) is 18.3 Å². The third-order valence-electron chi connectivity index (χ3n) is 4.52. The Hall–Kier alpha value is -3.36. The van der Waals surface area contributed by atoms with Gasteiger partial charge in [0.05, 0.1) is 5.92 Å². The van der Waals surface area contributed by atoms with E-state index in [1.165, 1.54) is 0 Å². The number of carbonyl (C=O) groups excluding carboxylic acids is 1. The average Bonchev–Trinajstić information content (AvgIpc) is 3.23. The normalized spacial score (nSPS) is 16.9. The van der Waals surface area contributed by atoms with E-state index >= 15 is 0 Å². The van der Waals surface area contributed by atoms with E-state index in [9.17, 15) is 4.79 Å². The number of amides is 1. The lowest BCUT2D eigenvalue weighted by Crippen LogP contribution is -2.41. The Balaban J connectivity index is 1.42. The topological polar surface area (TPSA) is 102 Å². The van der Waals surface area contributed by atoms with Crippen LogP contribution < -0.4 is 10.2 Å². The van der Waals surface area contributed by atoms with Crippen LogP contribution in [-0.2, 0) is 4.79 Å². The van der Waals surface area contributed by atoms with Crippen molar-refractivity contribution in [3.63, 3.8) is 0 Å². The molecule has 138 valence electrons. The summed E-state index contributed by atoms with van der Waals surface area (Å²) in [6.45, 7) is 3.30. The summed E-state index contributed by atoms with van der Waals surface area (Å²) in [6, 6.07) is 7.42. The molecule has 0 aromatic carbocycles. The molecular weight excluding hydrogens is 344 g/mol. The number of hydrogen-bond acceptors (Lipinski definition) is 7. The maximum atomic E-state index is 12.6. The van der Waals surface area contributed by atoms with Crippen LogP contribution in [0.2, 0.25) is 0 Å². The molecule has 4 rings (SSSR count). The minimum absolute atomic E-state index is 0.0635. The Bertz CT molecular complexity index is 909. The van der Waals surface area contributed by atoms with Crippen LogP contribution in [0.1, 0.15) is 18.5 Å². The number of aryl methyl sites for hydroxylation is 1. The first-order valence-electron chi connectivity index (χ1n) is 8.88. The van der Waals surface area contributed by atoms with Gasteiger partial charge in [0.25, 0.3) is 0 Å². The first-order chi connectivity index (χ1) is 13.2. The predicted molar refractivity (Wildman–Crippen MR) is 99.5 cm³/mol. The maximum Gasteiger partial charge on any atom is 0.231 e. The van der Waals surface area contributed by atoms with Gasteiger partial charge in [-0.25, -0.2) is 14.6 Å². The number of piperidine rings is 1. The van der Waals surface area contributed by atoms with Crippen molar-refractivity contribution in [2.45, 2.75) is 19.8 Å². The van der Waals surface area contributed by atoms with Crippen molar-refractivity contribution in [1.29, 1.82) is 0 Å². The second kappa shape index (κ2) is 7.48. The van der Waals surface area contributed by atoms with Gasteiger partial charge in [0, 0.05) is 37.4 Å². The molecule has 0 radical (unpaired) electrons. The van der Waals surface area contributed by atoms with Crippen LogP contribution in [0.5, 0.6) is 0 Å². The molecule has 1 amide bonds. The molecule has 27 heavy (non-hydrogen) atoms. The predicted octanol–water partition coefficient (Wildman–Crippen LogP) is 1.62. The highest BCUT2D eigenvalue weighted by Gasteiger charge is 2.27. The van der Waals surface area contributed by atoms with Crippen molar-refractivity contribution in [1.82, 2.24) is 29.9 Å². The number of hydrogen-bond donors (Lipinski definition) is 1. The molecule has 1 saturated heterocycles. The van der Waals surface area contributed by atoms with E-state index in [0.717, 1.165) is 30.9 Å². The largest absolute Gasteiger partial charge is 0.354 e. The summed E-state index contributed by atoms with van der Waals surface area (Å²) in [5.41, 5.74) is 0.818. The minimum atomic E-state index is -0.143. The van der Waals surface area contributed by atoms with Gasteiger partial charge in [-0.15, -0.1) is 10.2 Å². The summed E-state index contributed by atoms with van der Waals surface area (Å²) in [7, 11) is 0. The molecule has 3 aromatic heterocycles. The smallest absolute Gasteiger partial charge is 0.231 e.